The zero-order valence-corrected chi connectivity index (χ0v) is 20.4. The second kappa shape index (κ2) is 9.77. The van der Waals surface area contributed by atoms with Crippen LogP contribution in [0.4, 0.5) is 11.4 Å². The molecule has 0 aromatic heterocycles. The summed E-state index contributed by atoms with van der Waals surface area (Å²) in [5.41, 5.74) is 2.68. The largest absolute Gasteiger partial charge is 0.492 e. The van der Waals surface area contributed by atoms with E-state index in [1.807, 2.05) is 31.2 Å². The van der Waals surface area contributed by atoms with Crippen LogP contribution < -0.4 is 19.7 Å². The molecule has 0 radical (unpaired) electrons. The Labute approximate surface area is 213 Å². The second-order valence-electron chi connectivity index (χ2n) is 8.88. The molecule has 0 saturated carbocycles. The fourth-order valence-electron chi connectivity index (χ4n) is 4.34. The predicted octanol–water partition coefficient (Wildman–Crippen LogP) is 3.42. The summed E-state index contributed by atoms with van der Waals surface area (Å²) in [4.78, 5) is 53.1. The second-order valence-corrected chi connectivity index (χ2v) is 8.88. The molecule has 1 unspecified atom stereocenters. The molecular formula is C28H25N3O6. The summed E-state index contributed by atoms with van der Waals surface area (Å²) >= 11 is 0. The van der Waals surface area contributed by atoms with Crippen molar-refractivity contribution in [2.75, 3.05) is 29.9 Å². The highest BCUT2D eigenvalue weighted by Crippen LogP contribution is 2.36. The Kier molecular flexibility index (Phi) is 6.35. The van der Waals surface area contributed by atoms with Gasteiger partial charge in [-0.3, -0.25) is 24.1 Å². The first-order valence-electron chi connectivity index (χ1n) is 11.9. The molecule has 2 heterocycles. The van der Waals surface area contributed by atoms with Crippen molar-refractivity contribution in [1.82, 2.24) is 4.90 Å². The minimum Gasteiger partial charge on any atom is -0.492 e. The first-order valence-corrected chi connectivity index (χ1v) is 11.9. The molecule has 1 N–H and O–H groups in total. The Balaban J connectivity index is 1.25. The maximum atomic E-state index is 12.8. The Morgan fingerprint density at radius 3 is 2.30 bits per heavy atom. The molecule has 188 valence electrons. The molecule has 0 aliphatic carbocycles. The molecule has 2 aliphatic rings. The lowest BCUT2D eigenvalue weighted by Gasteiger charge is -2.33. The number of aryl methyl sites for hydroxylation is 1. The number of ether oxygens (including phenoxy) is 2. The van der Waals surface area contributed by atoms with Gasteiger partial charge in [0, 0.05) is 11.8 Å². The van der Waals surface area contributed by atoms with Gasteiger partial charge in [-0.05, 0) is 50.2 Å². The van der Waals surface area contributed by atoms with Crippen LogP contribution in [0.15, 0.2) is 66.7 Å². The normalized spacial score (nSPS) is 16.3. The number of carbonyl (C=O) groups excluding carboxylic acids is 4. The van der Waals surface area contributed by atoms with Crippen molar-refractivity contribution in [3.63, 3.8) is 0 Å². The number of hydrogen-bond donors (Lipinski definition) is 1. The fourth-order valence-corrected chi connectivity index (χ4v) is 4.34. The summed E-state index contributed by atoms with van der Waals surface area (Å²) in [6.07, 6.45) is -0.712. The van der Waals surface area contributed by atoms with Gasteiger partial charge in [0.05, 0.1) is 23.4 Å². The minimum atomic E-state index is -0.712. The van der Waals surface area contributed by atoms with Crippen LogP contribution >= 0.6 is 0 Å². The van der Waals surface area contributed by atoms with Crippen molar-refractivity contribution in [3.8, 4) is 11.5 Å². The molecule has 9 heteroatoms. The molecule has 0 saturated heterocycles. The smallest absolute Gasteiger partial charge is 0.267 e. The molecule has 0 fully saturated rings. The Morgan fingerprint density at radius 2 is 1.62 bits per heavy atom. The zero-order valence-electron chi connectivity index (χ0n) is 20.4. The van der Waals surface area contributed by atoms with Crippen LogP contribution in [0.3, 0.4) is 0 Å². The standard InChI is InChI=1S/C28H25N3O6/c1-17-7-10-20(11-8-17)36-14-13-30-23-12-9-19(15-24(23)37-18(2)26(30)33)29-25(32)16-31-27(34)21-5-3-4-6-22(21)28(31)35/h3-12,15,18H,13-14,16H2,1-2H3,(H,29,32). The highest BCUT2D eigenvalue weighted by atomic mass is 16.5. The van der Waals surface area contributed by atoms with Crippen LogP contribution in [0.2, 0.25) is 0 Å². The zero-order chi connectivity index (χ0) is 26.1. The number of rotatable bonds is 7. The van der Waals surface area contributed by atoms with Crippen molar-refractivity contribution in [3.05, 3.63) is 83.4 Å². The highest BCUT2D eigenvalue weighted by Gasteiger charge is 2.36. The number of nitrogens with one attached hydrogen (secondary N) is 1. The quantitative estimate of drug-likeness (QED) is 0.500. The summed E-state index contributed by atoms with van der Waals surface area (Å²) in [5, 5.41) is 2.70. The van der Waals surface area contributed by atoms with E-state index < -0.39 is 30.4 Å². The van der Waals surface area contributed by atoms with E-state index in [4.69, 9.17) is 9.47 Å². The third-order valence-electron chi connectivity index (χ3n) is 6.24. The average molecular weight is 500 g/mol. The van der Waals surface area contributed by atoms with E-state index in [1.165, 1.54) is 0 Å². The third kappa shape index (κ3) is 4.75. The Hall–Kier alpha value is -4.66. The van der Waals surface area contributed by atoms with Crippen LogP contribution in [0.5, 0.6) is 11.5 Å². The molecule has 2 aliphatic heterocycles. The molecule has 9 nitrogen and oxygen atoms in total. The van der Waals surface area contributed by atoms with Gasteiger partial charge >= 0.3 is 0 Å². The number of fused-ring (bicyclic) bond motifs is 2. The van der Waals surface area contributed by atoms with Crippen LogP contribution in [0.1, 0.15) is 33.2 Å². The molecule has 3 aromatic rings. The number of imide groups is 1. The van der Waals surface area contributed by atoms with E-state index in [1.54, 1.807) is 54.3 Å². The van der Waals surface area contributed by atoms with Gasteiger partial charge in [-0.15, -0.1) is 0 Å². The van der Waals surface area contributed by atoms with E-state index in [9.17, 15) is 19.2 Å². The lowest BCUT2D eigenvalue weighted by Crippen LogP contribution is -2.46. The lowest BCUT2D eigenvalue weighted by molar-refractivity contribution is -0.125. The topological polar surface area (TPSA) is 105 Å². The number of carbonyl (C=O) groups is 4. The summed E-state index contributed by atoms with van der Waals surface area (Å²) < 4.78 is 11.6. The summed E-state index contributed by atoms with van der Waals surface area (Å²) in [7, 11) is 0. The van der Waals surface area contributed by atoms with E-state index in [2.05, 4.69) is 5.32 Å². The van der Waals surface area contributed by atoms with E-state index >= 15 is 0 Å². The van der Waals surface area contributed by atoms with Crippen molar-refractivity contribution in [2.24, 2.45) is 0 Å². The van der Waals surface area contributed by atoms with Crippen molar-refractivity contribution < 1.29 is 28.7 Å². The molecule has 1 atom stereocenters. The van der Waals surface area contributed by atoms with Gasteiger partial charge in [-0.2, -0.15) is 0 Å². The number of nitrogens with zero attached hydrogens (tertiary/aromatic N) is 2. The van der Waals surface area contributed by atoms with Crippen molar-refractivity contribution in [2.45, 2.75) is 20.0 Å². The molecule has 37 heavy (non-hydrogen) atoms. The summed E-state index contributed by atoms with van der Waals surface area (Å²) in [6, 6.07) is 19.1. The Morgan fingerprint density at radius 1 is 0.946 bits per heavy atom. The highest BCUT2D eigenvalue weighted by molar-refractivity contribution is 6.22. The van der Waals surface area contributed by atoms with Gasteiger partial charge in [0.1, 0.15) is 24.7 Å². The van der Waals surface area contributed by atoms with E-state index in [-0.39, 0.29) is 17.0 Å². The maximum Gasteiger partial charge on any atom is 0.267 e. The van der Waals surface area contributed by atoms with Crippen LogP contribution in [0, 0.1) is 6.92 Å². The van der Waals surface area contributed by atoms with Crippen LogP contribution in [-0.2, 0) is 9.59 Å². The predicted molar refractivity (Wildman–Crippen MR) is 136 cm³/mol. The van der Waals surface area contributed by atoms with E-state index in [0.717, 1.165) is 16.2 Å². The van der Waals surface area contributed by atoms with Gasteiger partial charge < -0.3 is 19.7 Å². The molecule has 3 aromatic carbocycles. The average Bonchev–Trinajstić information content (AvgIpc) is 3.12. The number of benzene rings is 3. The van der Waals surface area contributed by atoms with Gasteiger partial charge in [0.2, 0.25) is 5.91 Å². The molecule has 0 spiro atoms. The number of hydrogen-bond acceptors (Lipinski definition) is 6. The van der Waals surface area contributed by atoms with Crippen LogP contribution in [0.25, 0.3) is 0 Å². The molecular weight excluding hydrogens is 474 g/mol. The first kappa shape index (κ1) is 24.1. The number of amides is 4. The SMILES string of the molecule is Cc1ccc(OCCN2C(=O)C(C)Oc3cc(NC(=O)CN4C(=O)c5ccccc5C4=O)ccc32)cc1. The van der Waals surface area contributed by atoms with E-state index in [0.29, 0.717) is 30.3 Å². The van der Waals surface area contributed by atoms with Gasteiger partial charge in [0.25, 0.3) is 17.7 Å². The van der Waals surface area contributed by atoms with Crippen LogP contribution in [-0.4, -0.2) is 54.3 Å². The molecule has 0 bridgehead atoms. The lowest BCUT2D eigenvalue weighted by atomic mass is 10.1. The minimum absolute atomic E-state index is 0.192. The summed E-state index contributed by atoms with van der Waals surface area (Å²) in [6.45, 7) is 3.85. The maximum absolute atomic E-state index is 12.8. The molecule has 5 rings (SSSR count). The van der Waals surface area contributed by atoms with Gasteiger partial charge in [-0.1, -0.05) is 29.8 Å². The molecule has 4 amide bonds. The first-order chi connectivity index (χ1) is 17.8. The van der Waals surface area contributed by atoms with Gasteiger partial charge in [0.15, 0.2) is 6.10 Å². The third-order valence-corrected chi connectivity index (χ3v) is 6.24. The summed E-state index contributed by atoms with van der Waals surface area (Å²) in [5.74, 6) is -0.572. The van der Waals surface area contributed by atoms with Gasteiger partial charge in [-0.25, -0.2) is 0 Å². The van der Waals surface area contributed by atoms with Crippen molar-refractivity contribution in [1.29, 1.82) is 0 Å². The monoisotopic (exact) mass is 499 g/mol. The number of anilines is 2. The fraction of sp³-hybridized carbons (Fsp3) is 0.214. The van der Waals surface area contributed by atoms with Crippen molar-refractivity contribution >= 4 is 35.0 Å². The Bertz CT molecular complexity index is 1370.